The van der Waals surface area contributed by atoms with Crippen LogP contribution in [0, 0.1) is 11.7 Å². The molecule has 0 spiro atoms. The van der Waals surface area contributed by atoms with E-state index in [9.17, 15) is 13.2 Å². The van der Waals surface area contributed by atoms with Gasteiger partial charge < -0.3 is 0 Å². The van der Waals surface area contributed by atoms with Gasteiger partial charge in [0.25, 0.3) is 5.92 Å². The summed E-state index contributed by atoms with van der Waals surface area (Å²) in [4.78, 5) is 0. The molecule has 0 N–H and O–H groups in total. The molecule has 27 heavy (non-hydrogen) atoms. The van der Waals surface area contributed by atoms with Crippen molar-refractivity contribution >= 4 is 0 Å². The van der Waals surface area contributed by atoms with Crippen LogP contribution in [0.15, 0.2) is 42.5 Å². The summed E-state index contributed by atoms with van der Waals surface area (Å²) >= 11 is 0. The SMILES string of the molecule is CCCCC1CCC(c2ccc(-c3ccc(C(C)(F)F)c(F)c3)cc2)CC1. The van der Waals surface area contributed by atoms with Crippen LogP contribution in [0.4, 0.5) is 13.2 Å². The van der Waals surface area contributed by atoms with Crippen LogP contribution in [0.5, 0.6) is 0 Å². The summed E-state index contributed by atoms with van der Waals surface area (Å²) in [6.07, 6.45) is 9.07. The Labute approximate surface area is 160 Å². The topological polar surface area (TPSA) is 0 Å². The number of halogens is 3. The minimum absolute atomic E-state index is 0.553. The predicted octanol–water partition coefficient (Wildman–Crippen LogP) is 8.07. The largest absolute Gasteiger partial charge is 0.273 e. The molecule has 0 nitrogen and oxygen atoms in total. The van der Waals surface area contributed by atoms with Gasteiger partial charge in [-0.1, -0.05) is 56.5 Å². The van der Waals surface area contributed by atoms with Gasteiger partial charge >= 0.3 is 0 Å². The van der Waals surface area contributed by atoms with Gasteiger partial charge in [0.2, 0.25) is 0 Å². The Morgan fingerprint density at radius 3 is 2.11 bits per heavy atom. The molecule has 2 aromatic carbocycles. The average Bonchev–Trinajstić information content (AvgIpc) is 2.66. The molecule has 0 amide bonds. The molecular weight excluding hydrogens is 345 g/mol. The molecule has 0 aromatic heterocycles. The Balaban J connectivity index is 1.67. The van der Waals surface area contributed by atoms with Crippen molar-refractivity contribution in [1.29, 1.82) is 0 Å². The summed E-state index contributed by atoms with van der Waals surface area (Å²) in [7, 11) is 0. The van der Waals surface area contributed by atoms with Gasteiger partial charge in [0, 0.05) is 6.92 Å². The lowest BCUT2D eigenvalue weighted by Gasteiger charge is -2.29. The number of unbranched alkanes of at least 4 members (excludes halogenated alkanes) is 1. The molecule has 0 saturated heterocycles. The lowest BCUT2D eigenvalue weighted by molar-refractivity contribution is 0.0138. The van der Waals surface area contributed by atoms with Crippen molar-refractivity contribution in [3.8, 4) is 11.1 Å². The van der Waals surface area contributed by atoms with Crippen molar-refractivity contribution in [3.05, 3.63) is 59.4 Å². The van der Waals surface area contributed by atoms with E-state index in [1.165, 1.54) is 62.6 Å². The van der Waals surface area contributed by atoms with E-state index in [4.69, 9.17) is 0 Å². The Hall–Kier alpha value is -1.77. The zero-order valence-electron chi connectivity index (χ0n) is 16.3. The fourth-order valence-electron chi connectivity index (χ4n) is 4.28. The number of rotatable bonds is 6. The normalized spacial score (nSPS) is 20.6. The molecule has 0 radical (unpaired) electrons. The Morgan fingerprint density at radius 1 is 0.926 bits per heavy atom. The van der Waals surface area contributed by atoms with Crippen LogP contribution < -0.4 is 0 Å². The van der Waals surface area contributed by atoms with E-state index in [1.807, 2.05) is 12.1 Å². The molecule has 0 heterocycles. The third-order valence-corrected chi connectivity index (χ3v) is 5.97. The van der Waals surface area contributed by atoms with Gasteiger partial charge in [-0.25, -0.2) is 13.2 Å². The second-order valence-electron chi connectivity index (χ2n) is 8.06. The van der Waals surface area contributed by atoms with E-state index in [1.54, 1.807) is 6.07 Å². The van der Waals surface area contributed by atoms with Crippen molar-refractivity contribution in [2.45, 2.75) is 70.6 Å². The van der Waals surface area contributed by atoms with Crippen LogP contribution in [-0.2, 0) is 5.92 Å². The third-order valence-electron chi connectivity index (χ3n) is 5.97. The molecule has 1 aliphatic carbocycles. The molecule has 3 heteroatoms. The van der Waals surface area contributed by atoms with Crippen molar-refractivity contribution in [1.82, 2.24) is 0 Å². The molecule has 3 rings (SSSR count). The number of hydrogen-bond acceptors (Lipinski definition) is 0. The first-order valence-electron chi connectivity index (χ1n) is 10.2. The Kier molecular flexibility index (Phi) is 6.29. The van der Waals surface area contributed by atoms with E-state index in [0.717, 1.165) is 18.4 Å². The smallest absolute Gasteiger partial charge is 0.206 e. The second kappa shape index (κ2) is 8.50. The summed E-state index contributed by atoms with van der Waals surface area (Å²) < 4.78 is 40.8. The standard InChI is InChI=1S/C24H29F3/c1-3-4-5-17-6-8-18(9-7-17)19-10-12-20(13-11-19)21-14-15-22(23(25)16-21)24(2,26)27/h10-18H,3-9H2,1-2H3. The van der Waals surface area contributed by atoms with Crippen molar-refractivity contribution in [2.75, 3.05) is 0 Å². The highest BCUT2D eigenvalue weighted by Crippen LogP contribution is 2.38. The third kappa shape index (κ3) is 4.94. The van der Waals surface area contributed by atoms with E-state index in [-0.39, 0.29) is 0 Å². The fourth-order valence-corrected chi connectivity index (χ4v) is 4.28. The zero-order chi connectivity index (χ0) is 19.4. The quantitative estimate of drug-likeness (QED) is 0.479. The highest BCUT2D eigenvalue weighted by atomic mass is 19.3. The van der Waals surface area contributed by atoms with E-state index in [0.29, 0.717) is 11.5 Å². The minimum Gasteiger partial charge on any atom is -0.206 e. The maximum atomic E-state index is 14.0. The maximum Gasteiger partial charge on any atom is 0.273 e. The van der Waals surface area contributed by atoms with Gasteiger partial charge in [-0.3, -0.25) is 0 Å². The molecular formula is C24H29F3. The lowest BCUT2D eigenvalue weighted by Crippen LogP contribution is -2.13. The minimum atomic E-state index is -3.16. The van der Waals surface area contributed by atoms with Crippen LogP contribution in [0.2, 0.25) is 0 Å². The summed E-state index contributed by atoms with van der Waals surface area (Å²) in [6.45, 7) is 2.97. The molecule has 0 aliphatic heterocycles. The molecule has 2 aromatic rings. The van der Waals surface area contributed by atoms with E-state index < -0.39 is 17.3 Å². The first-order chi connectivity index (χ1) is 12.9. The van der Waals surface area contributed by atoms with Gasteiger partial charge in [0.1, 0.15) is 5.82 Å². The maximum absolute atomic E-state index is 14.0. The molecule has 0 unspecified atom stereocenters. The number of alkyl halides is 2. The first kappa shape index (κ1) is 20.0. The predicted molar refractivity (Wildman–Crippen MR) is 106 cm³/mol. The molecule has 1 saturated carbocycles. The van der Waals surface area contributed by atoms with Crippen LogP contribution >= 0.6 is 0 Å². The first-order valence-corrected chi connectivity index (χ1v) is 10.2. The molecule has 0 atom stereocenters. The molecule has 1 fully saturated rings. The Bertz CT molecular complexity index is 735. The van der Waals surface area contributed by atoms with Crippen molar-refractivity contribution in [2.24, 2.45) is 5.92 Å². The second-order valence-corrected chi connectivity index (χ2v) is 8.06. The number of benzene rings is 2. The van der Waals surface area contributed by atoms with E-state index in [2.05, 4.69) is 19.1 Å². The monoisotopic (exact) mass is 374 g/mol. The van der Waals surface area contributed by atoms with Gasteiger partial charge in [0.15, 0.2) is 0 Å². The summed E-state index contributed by atoms with van der Waals surface area (Å²) in [5.74, 6) is -2.52. The van der Waals surface area contributed by atoms with Gasteiger partial charge in [-0.05, 0) is 66.3 Å². The Morgan fingerprint density at radius 2 is 1.56 bits per heavy atom. The summed E-state index contributed by atoms with van der Waals surface area (Å²) in [5.41, 5.74) is 2.28. The fraction of sp³-hybridized carbons (Fsp3) is 0.500. The van der Waals surface area contributed by atoms with E-state index >= 15 is 0 Å². The van der Waals surface area contributed by atoms with Crippen LogP contribution in [-0.4, -0.2) is 0 Å². The highest BCUT2D eigenvalue weighted by Gasteiger charge is 2.28. The van der Waals surface area contributed by atoms with Crippen LogP contribution in [0.3, 0.4) is 0 Å². The van der Waals surface area contributed by atoms with Crippen molar-refractivity contribution < 1.29 is 13.2 Å². The number of hydrogen-bond donors (Lipinski definition) is 0. The van der Waals surface area contributed by atoms with Gasteiger partial charge in [-0.2, -0.15) is 0 Å². The van der Waals surface area contributed by atoms with Gasteiger partial charge in [0.05, 0.1) is 5.56 Å². The summed E-state index contributed by atoms with van der Waals surface area (Å²) in [6, 6.07) is 12.2. The van der Waals surface area contributed by atoms with Gasteiger partial charge in [-0.15, -0.1) is 0 Å². The highest BCUT2D eigenvalue weighted by molar-refractivity contribution is 5.64. The molecule has 0 bridgehead atoms. The molecule has 1 aliphatic rings. The average molecular weight is 374 g/mol. The van der Waals surface area contributed by atoms with Crippen LogP contribution in [0.25, 0.3) is 11.1 Å². The zero-order valence-corrected chi connectivity index (χ0v) is 16.3. The molecule has 146 valence electrons. The lowest BCUT2D eigenvalue weighted by atomic mass is 9.77. The van der Waals surface area contributed by atoms with Crippen LogP contribution in [0.1, 0.15) is 75.8 Å². The van der Waals surface area contributed by atoms with Crippen molar-refractivity contribution in [3.63, 3.8) is 0 Å². The summed E-state index contributed by atoms with van der Waals surface area (Å²) in [5, 5.41) is 0.